The maximum absolute atomic E-state index is 12.3. The van der Waals surface area contributed by atoms with Gasteiger partial charge in [-0.1, -0.05) is 17.7 Å². The van der Waals surface area contributed by atoms with E-state index in [-0.39, 0.29) is 18.0 Å². The Morgan fingerprint density at radius 2 is 2.08 bits per heavy atom. The highest BCUT2D eigenvalue weighted by Crippen LogP contribution is 2.21. The van der Waals surface area contributed by atoms with Gasteiger partial charge in [-0.2, -0.15) is 0 Å². The molecule has 0 saturated carbocycles. The van der Waals surface area contributed by atoms with E-state index < -0.39 is 0 Å². The monoisotopic (exact) mass is 359 g/mol. The second-order valence-corrected chi connectivity index (χ2v) is 6.57. The highest BCUT2D eigenvalue weighted by molar-refractivity contribution is 5.99. The largest absolute Gasteiger partial charge is 0.383 e. The molecule has 0 radical (unpaired) electrons. The smallest absolute Gasteiger partial charge is 0.319 e. The van der Waals surface area contributed by atoms with Gasteiger partial charge in [0.2, 0.25) is 0 Å². The first-order valence-electron chi connectivity index (χ1n) is 9.16. The zero-order valence-electron chi connectivity index (χ0n) is 15.9. The third kappa shape index (κ3) is 5.59. The molecule has 1 aromatic rings. The molecule has 26 heavy (non-hydrogen) atoms. The van der Waals surface area contributed by atoms with Gasteiger partial charge in [0.1, 0.15) is 0 Å². The number of anilines is 1. The van der Waals surface area contributed by atoms with Gasteiger partial charge in [-0.05, 0) is 57.2 Å². The first kappa shape index (κ1) is 20.0. The van der Waals surface area contributed by atoms with Crippen molar-refractivity contribution in [3.8, 4) is 0 Å². The third-order valence-electron chi connectivity index (χ3n) is 4.65. The molecule has 0 bridgehead atoms. The van der Waals surface area contributed by atoms with Crippen molar-refractivity contribution >= 4 is 17.6 Å². The summed E-state index contributed by atoms with van der Waals surface area (Å²) in [5.74, 6) is -0.177. The molecule has 1 aliphatic carbocycles. The van der Waals surface area contributed by atoms with E-state index in [1.807, 2.05) is 13.8 Å². The van der Waals surface area contributed by atoms with Crippen LogP contribution in [0, 0.1) is 6.92 Å². The Morgan fingerprint density at radius 3 is 2.77 bits per heavy atom. The number of allylic oxidation sites excluding steroid dienone is 1. The molecule has 1 aliphatic rings. The zero-order chi connectivity index (χ0) is 18.9. The van der Waals surface area contributed by atoms with Gasteiger partial charge < -0.3 is 20.7 Å². The minimum atomic E-state index is -0.260. The Morgan fingerprint density at radius 1 is 1.27 bits per heavy atom. The van der Waals surface area contributed by atoms with Gasteiger partial charge >= 0.3 is 6.03 Å². The van der Waals surface area contributed by atoms with Crippen LogP contribution in [0.3, 0.4) is 0 Å². The van der Waals surface area contributed by atoms with Gasteiger partial charge in [0.05, 0.1) is 6.61 Å². The maximum atomic E-state index is 12.3. The van der Waals surface area contributed by atoms with E-state index in [1.165, 1.54) is 18.4 Å². The van der Waals surface area contributed by atoms with Crippen molar-refractivity contribution in [1.29, 1.82) is 0 Å². The van der Waals surface area contributed by atoms with Crippen LogP contribution in [0.1, 0.15) is 48.5 Å². The summed E-state index contributed by atoms with van der Waals surface area (Å²) in [5, 5.41) is 8.64. The van der Waals surface area contributed by atoms with Crippen LogP contribution in [0.25, 0.3) is 0 Å². The number of carbonyl (C=O) groups is 2. The molecule has 0 aliphatic heterocycles. The van der Waals surface area contributed by atoms with Gasteiger partial charge in [-0.15, -0.1) is 0 Å². The Labute approximate surface area is 155 Å². The Bertz CT molecular complexity index is 670. The van der Waals surface area contributed by atoms with Gasteiger partial charge in [0.15, 0.2) is 0 Å². The lowest BCUT2D eigenvalue weighted by atomic mass is 9.95. The molecule has 0 heterocycles. The predicted octanol–water partition coefficient (Wildman–Crippen LogP) is 3.38. The number of ether oxygens (including phenoxy) is 1. The first-order valence-corrected chi connectivity index (χ1v) is 9.16. The Hall–Kier alpha value is -2.34. The molecular weight excluding hydrogens is 330 g/mol. The second kappa shape index (κ2) is 9.97. The Balaban J connectivity index is 1.98. The average molecular weight is 359 g/mol. The SMILES string of the molecule is COCCNC(=O)c1cccc(NC(=O)N[C@H](C)C2=CCCCC2)c1C. The fourth-order valence-corrected chi connectivity index (χ4v) is 3.08. The summed E-state index contributed by atoms with van der Waals surface area (Å²) < 4.78 is 4.94. The van der Waals surface area contributed by atoms with Crippen molar-refractivity contribution in [2.75, 3.05) is 25.6 Å². The van der Waals surface area contributed by atoms with Crippen LogP contribution in [0.5, 0.6) is 0 Å². The Kier molecular flexibility index (Phi) is 7.66. The van der Waals surface area contributed by atoms with E-state index in [4.69, 9.17) is 4.74 Å². The van der Waals surface area contributed by atoms with Crippen LogP contribution >= 0.6 is 0 Å². The molecule has 3 amide bonds. The lowest BCUT2D eigenvalue weighted by Crippen LogP contribution is -2.37. The van der Waals surface area contributed by atoms with Crippen LogP contribution in [0.2, 0.25) is 0 Å². The molecule has 0 fully saturated rings. The van der Waals surface area contributed by atoms with E-state index in [1.54, 1.807) is 25.3 Å². The van der Waals surface area contributed by atoms with Crippen molar-refractivity contribution in [1.82, 2.24) is 10.6 Å². The molecule has 0 aromatic heterocycles. The fourth-order valence-electron chi connectivity index (χ4n) is 3.08. The van der Waals surface area contributed by atoms with E-state index in [2.05, 4.69) is 22.0 Å². The summed E-state index contributed by atoms with van der Waals surface area (Å²) in [6, 6.07) is 5.06. The van der Waals surface area contributed by atoms with E-state index in [9.17, 15) is 9.59 Å². The van der Waals surface area contributed by atoms with Crippen molar-refractivity contribution in [3.05, 3.63) is 41.0 Å². The van der Waals surface area contributed by atoms with Gasteiger partial charge in [0, 0.05) is 30.9 Å². The lowest BCUT2D eigenvalue weighted by molar-refractivity contribution is 0.0936. The molecule has 0 spiro atoms. The van der Waals surface area contributed by atoms with E-state index in [0.717, 1.165) is 18.4 Å². The predicted molar refractivity (Wildman–Crippen MR) is 104 cm³/mol. The van der Waals surface area contributed by atoms with Crippen molar-refractivity contribution in [3.63, 3.8) is 0 Å². The number of hydrogen-bond donors (Lipinski definition) is 3. The summed E-state index contributed by atoms with van der Waals surface area (Å²) >= 11 is 0. The quantitative estimate of drug-likeness (QED) is 0.516. The fraction of sp³-hybridized carbons (Fsp3) is 0.500. The van der Waals surface area contributed by atoms with Gasteiger partial charge in [-0.3, -0.25) is 4.79 Å². The summed E-state index contributed by atoms with van der Waals surface area (Å²) in [6.07, 6.45) is 6.75. The molecule has 3 N–H and O–H groups in total. The summed E-state index contributed by atoms with van der Waals surface area (Å²) in [4.78, 5) is 24.6. The minimum Gasteiger partial charge on any atom is -0.383 e. The number of methoxy groups -OCH3 is 1. The van der Waals surface area contributed by atoms with Crippen LogP contribution in [0.4, 0.5) is 10.5 Å². The molecule has 1 atom stereocenters. The van der Waals surface area contributed by atoms with Crippen molar-refractivity contribution < 1.29 is 14.3 Å². The first-order chi connectivity index (χ1) is 12.5. The third-order valence-corrected chi connectivity index (χ3v) is 4.65. The molecule has 0 saturated heterocycles. The van der Waals surface area contributed by atoms with E-state index >= 15 is 0 Å². The van der Waals surface area contributed by atoms with Crippen LogP contribution in [-0.4, -0.2) is 38.2 Å². The summed E-state index contributed by atoms with van der Waals surface area (Å²) in [7, 11) is 1.59. The normalized spacial score (nSPS) is 15.0. The van der Waals surface area contributed by atoms with Crippen molar-refractivity contribution in [2.45, 2.75) is 45.6 Å². The molecular formula is C20H29N3O3. The number of rotatable bonds is 7. The molecule has 6 nitrogen and oxygen atoms in total. The topological polar surface area (TPSA) is 79.5 Å². The molecule has 1 aromatic carbocycles. The number of amides is 3. The number of urea groups is 1. The standard InChI is InChI=1S/C20H29N3O3/c1-14-17(19(24)21-12-13-26-3)10-7-11-18(14)23-20(25)22-15(2)16-8-5-4-6-9-16/h7-8,10-11,15H,4-6,9,12-13H2,1-3H3,(H,21,24)(H2,22,23,25)/t15-/m1/s1. The second-order valence-electron chi connectivity index (χ2n) is 6.57. The number of carbonyl (C=O) groups excluding carboxylic acids is 2. The lowest BCUT2D eigenvalue weighted by Gasteiger charge is -2.21. The summed E-state index contributed by atoms with van der Waals surface area (Å²) in [6.45, 7) is 4.73. The van der Waals surface area contributed by atoms with Gasteiger partial charge in [0.25, 0.3) is 5.91 Å². The van der Waals surface area contributed by atoms with E-state index in [0.29, 0.717) is 24.4 Å². The van der Waals surface area contributed by atoms with Crippen molar-refractivity contribution in [2.24, 2.45) is 0 Å². The maximum Gasteiger partial charge on any atom is 0.319 e. The average Bonchev–Trinajstić information content (AvgIpc) is 2.64. The van der Waals surface area contributed by atoms with Gasteiger partial charge in [-0.25, -0.2) is 4.79 Å². The minimum absolute atomic E-state index is 0.0103. The zero-order valence-corrected chi connectivity index (χ0v) is 15.9. The molecule has 2 rings (SSSR count). The highest BCUT2D eigenvalue weighted by Gasteiger charge is 2.16. The number of hydrogen-bond acceptors (Lipinski definition) is 3. The summed E-state index contributed by atoms with van der Waals surface area (Å²) in [5.41, 5.74) is 3.20. The van der Waals surface area contributed by atoms with Crippen LogP contribution in [0.15, 0.2) is 29.8 Å². The number of benzene rings is 1. The molecule has 142 valence electrons. The van der Waals surface area contributed by atoms with Crippen LogP contribution in [-0.2, 0) is 4.74 Å². The van der Waals surface area contributed by atoms with Crippen LogP contribution < -0.4 is 16.0 Å². The highest BCUT2D eigenvalue weighted by atomic mass is 16.5. The molecule has 0 unspecified atom stereocenters. The molecule has 6 heteroatoms. The number of nitrogens with one attached hydrogen (secondary N) is 3.